The Balaban J connectivity index is 2.74. The van der Waals surface area contributed by atoms with Crippen LogP contribution in [-0.4, -0.2) is 21.0 Å². The quantitative estimate of drug-likeness (QED) is 0.671. The number of unbranched alkanes of at least 4 members (excludes halogenated alkanes) is 1. The van der Waals surface area contributed by atoms with Crippen molar-refractivity contribution in [2.75, 3.05) is 0 Å². The molecule has 1 fully saturated rings. The molecule has 90 valence electrons. The maximum absolute atomic E-state index is 6.47. The number of hydrogen-bond acceptors (Lipinski definition) is 1. The lowest BCUT2D eigenvalue weighted by molar-refractivity contribution is 0.0930. The van der Waals surface area contributed by atoms with Crippen molar-refractivity contribution in [1.82, 2.24) is 0 Å². The second-order valence-corrected chi connectivity index (χ2v) is 21.1. The minimum absolute atomic E-state index is 0.161. The first-order chi connectivity index (χ1) is 6.72. The number of hydrogen-bond donors (Lipinski definition) is 0. The second kappa shape index (κ2) is 4.34. The van der Waals surface area contributed by atoms with Crippen LogP contribution in [0.3, 0.4) is 0 Å². The van der Waals surface area contributed by atoms with E-state index in [1.165, 1.54) is 31.4 Å². The third kappa shape index (κ3) is 2.95. The van der Waals surface area contributed by atoms with E-state index < -0.39 is 15.4 Å². The molecule has 0 amide bonds. The molecule has 0 aromatic heterocycles. The van der Waals surface area contributed by atoms with Gasteiger partial charge in [0.1, 0.15) is 0 Å². The molecule has 1 atom stereocenters. The van der Waals surface area contributed by atoms with E-state index in [0.717, 1.165) is 0 Å². The van der Waals surface area contributed by atoms with Gasteiger partial charge in [0.25, 0.3) is 0 Å². The lowest BCUT2D eigenvalue weighted by atomic mass is 10.1. The van der Waals surface area contributed by atoms with Crippen molar-refractivity contribution in [3.8, 4) is 0 Å². The minimum Gasteiger partial charge on any atom is -0.415 e. The Labute approximate surface area is 97.5 Å². The van der Waals surface area contributed by atoms with E-state index in [2.05, 4.69) is 40.4 Å². The number of rotatable bonds is 3. The van der Waals surface area contributed by atoms with Crippen molar-refractivity contribution in [3.05, 3.63) is 0 Å². The summed E-state index contributed by atoms with van der Waals surface area (Å²) in [6.07, 6.45) is 4.05. The highest BCUT2D eigenvalue weighted by Crippen LogP contribution is 2.41. The molecule has 1 saturated heterocycles. The molecular weight excluding hydrogens is 216 g/mol. The van der Waals surface area contributed by atoms with Gasteiger partial charge in [0.15, 0.2) is 7.83 Å². The Bertz CT molecular complexity index is 226. The van der Waals surface area contributed by atoms with Gasteiger partial charge in [0, 0.05) is 0 Å². The summed E-state index contributed by atoms with van der Waals surface area (Å²) in [5.41, 5.74) is 0.161. The molecule has 1 rings (SSSR count). The van der Waals surface area contributed by atoms with Crippen molar-refractivity contribution >= 4 is 15.4 Å². The average molecular weight is 245 g/mol. The summed E-state index contributed by atoms with van der Waals surface area (Å²) in [6.45, 7) is 14.4. The van der Waals surface area contributed by atoms with Crippen molar-refractivity contribution in [1.29, 1.82) is 0 Å². The Morgan fingerprint density at radius 1 is 1.20 bits per heavy atom. The molecule has 0 bridgehead atoms. The molecular formula is C12H28OSi2. The van der Waals surface area contributed by atoms with Crippen LogP contribution < -0.4 is 0 Å². The van der Waals surface area contributed by atoms with Crippen LogP contribution in [0.4, 0.5) is 0 Å². The summed E-state index contributed by atoms with van der Waals surface area (Å²) in [5, 5.41) is 0. The van der Waals surface area contributed by atoms with Crippen molar-refractivity contribution in [2.24, 2.45) is 0 Å². The topological polar surface area (TPSA) is 9.23 Å². The van der Waals surface area contributed by atoms with Gasteiger partial charge >= 0.3 is 0 Å². The van der Waals surface area contributed by atoms with E-state index in [-0.39, 0.29) is 5.60 Å². The van der Waals surface area contributed by atoms with Gasteiger partial charge in [-0.05, 0) is 33.4 Å². The highest BCUT2D eigenvalue weighted by Gasteiger charge is 2.52. The van der Waals surface area contributed by atoms with E-state index >= 15 is 0 Å². The Morgan fingerprint density at radius 2 is 1.80 bits per heavy atom. The predicted molar refractivity (Wildman–Crippen MR) is 73.4 cm³/mol. The first-order valence-corrected chi connectivity index (χ1v) is 13.2. The summed E-state index contributed by atoms with van der Waals surface area (Å²) in [5.74, 6) is 0. The van der Waals surface area contributed by atoms with E-state index in [1.807, 2.05) is 0 Å². The van der Waals surface area contributed by atoms with E-state index in [0.29, 0.717) is 0 Å². The van der Waals surface area contributed by atoms with Gasteiger partial charge < -0.3 is 4.43 Å². The van der Waals surface area contributed by atoms with Crippen LogP contribution in [0.15, 0.2) is 0 Å². The fourth-order valence-corrected chi connectivity index (χ4v) is 14.3. The summed E-state index contributed by atoms with van der Waals surface area (Å²) < 4.78 is 6.47. The Kier molecular flexibility index (Phi) is 3.89. The average Bonchev–Trinajstić information content (AvgIpc) is 2.08. The van der Waals surface area contributed by atoms with Crippen molar-refractivity contribution in [3.63, 3.8) is 0 Å². The monoisotopic (exact) mass is 244 g/mol. The molecule has 15 heavy (non-hydrogen) atoms. The van der Waals surface area contributed by atoms with Gasteiger partial charge in [-0.25, -0.2) is 0 Å². The molecule has 1 aliphatic rings. The predicted octanol–water partition coefficient (Wildman–Crippen LogP) is 4.35. The van der Waals surface area contributed by atoms with Gasteiger partial charge in [-0.15, -0.1) is 0 Å². The van der Waals surface area contributed by atoms with Crippen LogP contribution in [0.5, 0.6) is 0 Å². The molecule has 1 heterocycles. The Morgan fingerprint density at radius 3 is 2.27 bits per heavy atom. The van der Waals surface area contributed by atoms with Crippen molar-refractivity contribution < 1.29 is 4.43 Å². The maximum Gasteiger partial charge on any atom is 0.174 e. The van der Waals surface area contributed by atoms with Crippen LogP contribution in [0.2, 0.25) is 31.7 Å². The van der Waals surface area contributed by atoms with Crippen LogP contribution in [0, 0.1) is 0 Å². The molecule has 1 unspecified atom stereocenters. The maximum atomic E-state index is 6.47. The molecule has 0 radical (unpaired) electrons. The lowest BCUT2D eigenvalue weighted by Crippen LogP contribution is -2.65. The van der Waals surface area contributed by atoms with Crippen molar-refractivity contribution in [2.45, 2.75) is 77.4 Å². The summed E-state index contributed by atoms with van der Waals surface area (Å²) >= 11 is 0. The van der Waals surface area contributed by atoms with Crippen LogP contribution in [-0.2, 0) is 4.43 Å². The smallest absolute Gasteiger partial charge is 0.174 e. The zero-order chi connectivity index (χ0) is 11.7. The standard InChI is InChI=1S/C12H28OSi2/c1-7-8-10-15(6)11-9-12(2,3)13-14(15,4)5/h7-11H2,1-6H3. The minimum atomic E-state index is -1.38. The molecule has 0 aliphatic carbocycles. The normalized spacial score (nSPS) is 34.0. The summed E-state index contributed by atoms with van der Waals surface area (Å²) in [6, 6.07) is 3.00. The van der Waals surface area contributed by atoms with Gasteiger partial charge in [-0.2, -0.15) is 0 Å². The molecule has 1 nitrogen and oxygen atoms in total. The highest BCUT2D eigenvalue weighted by molar-refractivity contribution is 7.38. The van der Waals surface area contributed by atoms with E-state index in [9.17, 15) is 0 Å². The van der Waals surface area contributed by atoms with Crippen LogP contribution in [0.1, 0.15) is 40.0 Å². The molecule has 0 spiro atoms. The third-order valence-corrected chi connectivity index (χ3v) is 21.7. The third-order valence-electron chi connectivity index (χ3n) is 4.35. The summed E-state index contributed by atoms with van der Waals surface area (Å²) in [4.78, 5) is 0. The Hall–Kier alpha value is 0.394. The molecule has 0 aromatic carbocycles. The molecule has 3 heteroatoms. The highest BCUT2D eigenvalue weighted by atomic mass is 29.3. The van der Waals surface area contributed by atoms with Gasteiger partial charge in [0.2, 0.25) is 0 Å². The summed E-state index contributed by atoms with van der Waals surface area (Å²) in [7, 11) is -2.44. The fourth-order valence-electron chi connectivity index (χ4n) is 2.74. The SMILES string of the molecule is CCCC[Si]1(C)CCC(C)(C)O[Si]1(C)C. The molecule has 0 saturated carbocycles. The zero-order valence-corrected chi connectivity index (χ0v) is 13.4. The molecule has 0 aromatic rings. The van der Waals surface area contributed by atoms with Gasteiger partial charge in [0.05, 0.1) is 13.2 Å². The molecule has 1 aliphatic heterocycles. The van der Waals surface area contributed by atoms with Gasteiger partial charge in [-0.1, -0.05) is 38.4 Å². The largest absolute Gasteiger partial charge is 0.415 e. The first-order valence-electron chi connectivity index (χ1n) is 6.43. The molecule has 0 N–H and O–H groups in total. The second-order valence-electron chi connectivity index (χ2n) is 6.54. The lowest BCUT2D eigenvalue weighted by Gasteiger charge is -2.51. The fraction of sp³-hybridized carbons (Fsp3) is 1.00. The van der Waals surface area contributed by atoms with Crippen LogP contribution in [0.25, 0.3) is 0 Å². The van der Waals surface area contributed by atoms with E-state index in [4.69, 9.17) is 4.43 Å². The van der Waals surface area contributed by atoms with Crippen LogP contribution >= 0.6 is 0 Å². The first kappa shape index (κ1) is 13.5. The zero-order valence-electron chi connectivity index (χ0n) is 11.4. The van der Waals surface area contributed by atoms with E-state index in [1.54, 1.807) is 0 Å². The van der Waals surface area contributed by atoms with Gasteiger partial charge in [-0.3, -0.25) is 0 Å².